The van der Waals surface area contributed by atoms with Crippen LogP contribution in [0.1, 0.15) is 43.5 Å². The van der Waals surface area contributed by atoms with E-state index in [0.29, 0.717) is 25.9 Å². The van der Waals surface area contributed by atoms with Crippen molar-refractivity contribution in [3.63, 3.8) is 0 Å². The SMILES string of the molecule is COc1c(C)cnc(CC2(O)CCOC(C)(C)C2)c1C. The molecule has 112 valence electrons. The molecular formula is C16H25NO3. The fourth-order valence-electron chi connectivity index (χ4n) is 3.16. The van der Waals surface area contributed by atoms with Crippen molar-refractivity contribution in [1.82, 2.24) is 4.98 Å². The Morgan fingerprint density at radius 1 is 1.40 bits per heavy atom. The topological polar surface area (TPSA) is 51.6 Å². The zero-order valence-corrected chi connectivity index (χ0v) is 13.1. The van der Waals surface area contributed by atoms with Gasteiger partial charge < -0.3 is 14.6 Å². The number of methoxy groups -OCH3 is 1. The summed E-state index contributed by atoms with van der Waals surface area (Å²) < 4.78 is 11.1. The van der Waals surface area contributed by atoms with Gasteiger partial charge in [-0.05, 0) is 34.1 Å². The van der Waals surface area contributed by atoms with Gasteiger partial charge in [-0.2, -0.15) is 0 Å². The quantitative estimate of drug-likeness (QED) is 0.924. The normalized spacial score (nSPS) is 25.5. The van der Waals surface area contributed by atoms with Gasteiger partial charge in [0.15, 0.2) is 0 Å². The van der Waals surface area contributed by atoms with Crippen LogP contribution in [-0.2, 0) is 11.2 Å². The van der Waals surface area contributed by atoms with E-state index in [9.17, 15) is 5.11 Å². The molecule has 0 aliphatic carbocycles. The molecule has 0 bridgehead atoms. The van der Waals surface area contributed by atoms with Crippen molar-refractivity contribution in [1.29, 1.82) is 0 Å². The van der Waals surface area contributed by atoms with Crippen LogP contribution in [0.3, 0.4) is 0 Å². The zero-order valence-electron chi connectivity index (χ0n) is 13.1. The Morgan fingerprint density at radius 2 is 2.10 bits per heavy atom. The van der Waals surface area contributed by atoms with Gasteiger partial charge in [0.05, 0.1) is 24.9 Å². The molecule has 1 saturated heterocycles. The Morgan fingerprint density at radius 3 is 2.70 bits per heavy atom. The van der Waals surface area contributed by atoms with Gasteiger partial charge in [-0.3, -0.25) is 4.98 Å². The van der Waals surface area contributed by atoms with Gasteiger partial charge in [-0.1, -0.05) is 0 Å². The lowest BCUT2D eigenvalue weighted by molar-refractivity contribution is -0.143. The van der Waals surface area contributed by atoms with E-state index in [-0.39, 0.29) is 5.60 Å². The highest BCUT2D eigenvalue weighted by molar-refractivity contribution is 5.41. The maximum Gasteiger partial charge on any atom is 0.128 e. The average molecular weight is 279 g/mol. The molecule has 1 aromatic heterocycles. The summed E-state index contributed by atoms with van der Waals surface area (Å²) >= 11 is 0. The van der Waals surface area contributed by atoms with E-state index in [1.54, 1.807) is 7.11 Å². The predicted molar refractivity (Wildman–Crippen MR) is 78.2 cm³/mol. The fraction of sp³-hybridized carbons (Fsp3) is 0.688. The number of aliphatic hydroxyl groups is 1. The van der Waals surface area contributed by atoms with Crippen LogP contribution in [0.5, 0.6) is 5.75 Å². The molecule has 1 unspecified atom stereocenters. The number of hydrogen-bond donors (Lipinski definition) is 1. The van der Waals surface area contributed by atoms with E-state index < -0.39 is 5.60 Å². The largest absolute Gasteiger partial charge is 0.496 e. The number of nitrogens with zero attached hydrogens (tertiary/aromatic N) is 1. The summed E-state index contributed by atoms with van der Waals surface area (Å²) in [5.41, 5.74) is 1.92. The molecule has 1 atom stereocenters. The molecule has 1 N–H and O–H groups in total. The number of hydrogen-bond acceptors (Lipinski definition) is 4. The number of ether oxygens (including phenoxy) is 2. The molecule has 1 aromatic rings. The van der Waals surface area contributed by atoms with Crippen molar-refractivity contribution in [2.24, 2.45) is 0 Å². The molecule has 0 radical (unpaired) electrons. The van der Waals surface area contributed by atoms with Gasteiger partial charge >= 0.3 is 0 Å². The van der Waals surface area contributed by atoms with E-state index in [0.717, 1.165) is 22.6 Å². The highest BCUT2D eigenvalue weighted by Gasteiger charge is 2.40. The van der Waals surface area contributed by atoms with E-state index in [1.807, 2.05) is 33.9 Å². The number of pyridine rings is 1. The minimum absolute atomic E-state index is 0.282. The number of aromatic nitrogens is 1. The van der Waals surface area contributed by atoms with Crippen LogP contribution >= 0.6 is 0 Å². The summed E-state index contributed by atoms with van der Waals surface area (Å²) in [4.78, 5) is 4.49. The van der Waals surface area contributed by atoms with Gasteiger partial charge in [0.1, 0.15) is 5.75 Å². The average Bonchev–Trinajstić information content (AvgIpc) is 2.32. The van der Waals surface area contributed by atoms with Crippen molar-refractivity contribution in [3.8, 4) is 5.75 Å². The van der Waals surface area contributed by atoms with Crippen LogP contribution < -0.4 is 4.74 Å². The van der Waals surface area contributed by atoms with Crippen molar-refractivity contribution in [2.45, 2.75) is 58.2 Å². The molecule has 20 heavy (non-hydrogen) atoms. The molecule has 0 spiro atoms. The molecule has 0 amide bonds. The third-order valence-electron chi connectivity index (χ3n) is 4.06. The highest BCUT2D eigenvalue weighted by atomic mass is 16.5. The Kier molecular flexibility index (Phi) is 4.07. The zero-order chi connectivity index (χ0) is 15.0. The molecule has 1 fully saturated rings. The third kappa shape index (κ3) is 3.13. The van der Waals surface area contributed by atoms with Crippen molar-refractivity contribution in [2.75, 3.05) is 13.7 Å². The lowest BCUT2D eigenvalue weighted by Crippen LogP contribution is -2.47. The van der Waals surface area contributed by atoms with Crippen LogP contribution in [0, 0.1) is 13.8 Å². The molecule has 4 heteroatoms. The second kappa shape index (κ2) is 5.34. The fourth-order valence-corrected chi connectivity index (χ4v) is 3.16. The van der Waals surface area contributed by atoms with E-state index >= 15 is 0 Å². The maximum atomic E-state index is 10.9. The van der Waals surface area contributed by atoms with E-state index in [2.05, 4.69) is 4.98 Å². The second-order valence-corrected chi connectivity index (χ2v) is 6.48. The first-order valence-electron chi connectivity index (χ1n) is 7.12. The van der Waals surface area contributed by atoms with Crippen LogP contribution in [0.15, 0.2) is 6.20 Å². The first kappa shape index (κ1) is 15.3. The minimum atomic E-state index is -0.750. The summed E-state index contributed by atoms with van der Waals surface area (Å²) in [7, 11) is 1.67. The van der Waals surface area contributed by atoms with Crippen LogP contribution in [0.25, 0.3) is 0 Å². The van der Waals surface area contributed by atoms with Gasteiger partial charge in [0.25, 0.3) is 0 Å². The van der Waals surface area contributed by atoms with Gasteiger partial charge in [-0.15, -0.1) is 0 Å². The monoisotopic (exact) mass is 279 g/mol. The van der Waals surface area contributed by atoms with Gasteiger partial charge in [0, 0.05) is 35.9 Å². The summed E-state index contributed by atoms with van der Waals surface area (Å²) in [6.45, 7) is 8.61. The van der Waals surface area contributed by atoms with E-state index in [1.165, 1.54) is 0 Å². The summed E-state index contributed by atoms with van der Waals surface area (Å²) in [5, 5.41) is 10.9. The Balaban J connectivity index is 2.26. The Labute approximate surface area is 121 Å². The molecular weight excluding hydrogens is 254 g/mol. The third-order valence-corrected chi connectivity index (χ3v) is 4.06. The first-order chi connectivity index (χ1) is 9.26. The lowest BCUT2D eigenvalue weighted by Gasteiger charge is -2.41. The molecule has 0 aromatic carbocycles. The standard InChI is InChI=1S/C16H25NO3/c1-11-9-17-13(12(2)14(11)19-5)8-16(18)6-7-20-15(3,4)10-16/h9,18H,6-8,10H2,1-5H3. The van der Waals surface area contributed by atoms with Crippen molar-refractivity contribution < 1.29 is 14.6 Å². The molecule has 2 rings (SSSR count). The van der Waals surface area contributed by atoms with Gasteiger partial charge in [-0.25, -0.2) is 0 Å². The highest BCUT2D eigenvalue weighted by Crippen LogP contribution is 2.35. The van der Waals surface area contributed by atoms with Crippen LogP contribution in [0.4, 0.5) is 0 Å². The smallest absolute Gasteiger partial charge is 0.128 e. The number of rotatable bonds is 3. The molecule has 0 saturated carbocycles. The second-order valence-electron chi connectivity index (χ2n) is 6.48. The van der Waals surface area contributed by atoms with Gasteiger partial charge in [0.2, 0.25) is 0 Å². The summed E-state index contributed by atoms with van der Waals surface area (Å²) in [6, 6.07) is 0. The summed E-state index contributed by atoms with van der Waals surface area (Å²) in [5.74, 6) is 0.866. The molecule has 2 heterocycles. The Hall–Kier alpha value is -1.13. The minimum Gasteiger partial charge on any atom is -0.496 e. The first-order valence-corrected chi connectivity index (χ1v) is 7.12. The predicted octanol–water partition coefficient (Wildman–Crippen LogP) is 2.57. The van der Waals surface area contributed by atoms with E-state index in [4.69, 9.17) is 9.47 Å². The van der Waals surface area contributed by atoms with Crippen molar-refractivity contribution >= 4 is 0 Å². The summed E-state index contributed by atoms with van der Waals surface area (Å²) in [6.07, 6.45) is 3.63. The van der Waals surface area contributed by atoms with Crippen LogP contribution in [-0.4, -0.2) is 35.0 Å². The lowest BCUT2D eigenvalue weighted by atomic mass is 9.80. The number of aryl methyl sites for hydroxylation is 1. The van der Waals surface area contributed by atoms with Crippen molar-refractivity contribution in [3.05, 3.63) is 23.0 Å². The maximum absolute atomic E-state index is 10.9. The molecule has 1 aliphatic rings. The molecule has 4 nitrogen and oxygen atoms in total. The van der Waals surface area contributed by atoms with Crippen LogP contribution in [0.2, 0.25) is 0 Å². The Bertz CT molecular complexity index is 499. The molecule has 1 aliphatic heterocycles.